The third-order valence-corrected chi connectivity index (χ3v) is 5.58. The summed E-state index contributed by atoms with van der Waals surface area (Å²) in [5.41, 5.74) is 1.98. The molecular formula is C18H23N5O3. The van der Waals surface area contributed by atoms with Crippen LogP contribution in [0.2, 0.25) is 0 Å². The van der Waals surface area contributed by atoms with Crippen molar-refractivity contribution in [2.75, 3.05) is 32.8 Å². The van der Waals surface area contributed by atoms with Gasteiger partial charge in [-0.2, -0.15) is 4.98 Å². The number of likely N-dealkylation sites (tertiary alicyclic amines) is 1. The molecule has 5 rings (SSSR count). The zero-order chi connectivity index (χ0) is 17.7. The molecule has 2 aromatic rings. The summed E-state index contributed by atoms with van der Waals surface area (Å²) < 4.78 is 11.0. The molecule has 3 aliphatic rings. The fourth-order valence-electron chi connectivity index (χ4n) is 3.90. The van der Waals surface area contributed by atoms with Crippen LogP contribution in [-0.4, -0.2) is 69.7 Å². The van der Waals surface area contributed by atoms with Crippen LogP contribution in [0, 0.1) is 6.92 Å². The van der Waals surface area contributed by atoms with E-state index in [1.807, 2.05) is 17.2 Å². The first kappa shape index (κ1) is 16.0. The van der Waals surface area contributed by atoms with Crippen molar-refractivity contribution in [1.82, 2.24) is 24.9 Å². The predicted molar refractivity (Wildman–Crippen MR) is 91.8 cm³/mol. The van der Waals surface area contributed by atoms with Crippen LogP contribution < -0.4 is 0 Å². The molecule has 138 valence electrons. The molecule has 1 unspecified atom stereocenters. The van der Waals surface area contributed by atoms with Crippen LogP contribution >= 0.6 is 0 Å². The van der Waals surface area contributed by atoms with Crippen molar-refractivity contribution >= 4 is 5.91 Å². The number of hydrogen-bond donors (Lipinski definition) is 1. The van der Waals surface area contributed by atoms with E-state index in [4.69, 9.17) is 9.26 Å². The van der Waals surface area contributed by atoms with E-state index in [1.54, 1.807) is 6.92 Å². The van der Waals surface area contributed by atoms with Crippen LogP contribution in [0.5, 0.6) is 0 Å². The molecule has 4 heterocycles. The molecule has 0 aromatic carbocycles. The molecule has 2 aromatic heterocycles. The lowest BCUT2D eigenvalue weighted by atomic mass is 10.0. The number of carbonyl (C=O) groups is 1. The normalized spacial score (nSPS) is 24.7. The Morgan fingerprint density at radius 3 is 2.88 bits per heavy atom. The molecule has 3 fully saturated rings. The first-order valence-corrected chi connectivity index (χ1v) is 9.31. The second-order valence-electron chi connectivity index (χ2n) is 7.48. The molecule has 2 aliphatic heterocycles. The van der Waals surface area contributed by atoms with E-state index in [2.05, 4.69) is 20.0 Å². The number of rotatable bonds is 4. The summed E-state index contributed by atoms with van der Waals surface area (Å²) in [6.07, 6.45) is 4.08. The number of nitrogens with zero attached hydrogens (tertiary/aromatic N) is 4. The molecule has 0 radical (unpaired) electrons. The Kier molecular flexibility index (Phi) is 3.82. The Morgan fingerprint density at radius 2 is 2.15 bits per heavy atom. The first-order valence-electron chi connectivity index (χ1n) is 9.31. The van der Waals surface area contributed by atoms with Gasteiger partial charge in [-0.05, 0) is 31.7 Å². The van der Waals surface area contributed by atoms with Gasteiger partial charge in [-0.3, -0.25) is 9.69 Å². The number of H-pyrrole nitrogens is 1. The van der Waals surface area contributed by atoms with Crippen LogP contribution in [0.4, 0.5) is 0 Å². The molecule has 8 heteroatoms. The minimum absolute atomic E-state index is 0.154. The fourth-order valence-corrected chi connectivity index (χ4v) is 3.90. The van der Waals surface area contributed by atoms with Gasteiger partial charge in [0.25, 0.3) is 11.8 Å². The number of aromatic nitrogens is 3. The van der Waals surface area contributed by atoms with Crippen LogP contribution in [0.25, 0.3) is 0 Å². The van der Waals surface area contributed by atoms with Gasteiger partial charge in [0.1, 0.15) is 6.10 Å². The number of amides is 1. The van der Waals surface area contributed by atoms with E-state index in [-0.39, 0.29) is 12.0 Å². The van der Waals surface area contributed by atoms with Crippen LogP contribution in [0.3, 0.4) is 0 Å². The van der Waals surface area contributed by atoms with Crippen LogP contribution in [-0.2, 0) is 4.74 Å². The molecular weight excluding hydrogens is 334 g/mol. The van der Waals surface area contributed by atoms with Crippen molar-refractivity contribution in [3.8, 4) is 0 Å². The molecule has 1 amide bonds. The highest BCUT2D eigenvalue weighted by Crippen LogP contribution is 2.41. The van der Waals surface area contributed by atoms with Crippen molar-refractivity contribution in [2.24, 2.45) is 0 Å². The average Bonchev–Trinajstić information content (AvgIpc) is 3.16. The molecule has 0 spiro atoms. The second-order valence-corrected chi connectivity index (χ2v) is 7.48. The summed E-state index contributed by atoms with van der Waals surface area (Å²) in [6, 6.07) is 2.30. The summed E-state index contributed by atoms with van der Waals surface area (Å²) in [7, 11) is 0. The number of carbonyl (C=O) groups excluding carboxylic acids is 1. The van der Waals surface area contributed by atoms with Crippen molar-refractivity contribution in [1.29, 1.82) is 0 Å². The van der Waals surface area contributed by atoms with Gasteiger partial charge in [-0.1, -0.05) is 5.16 Å². The molecule has 2 saturated heterocycles. The molecule has 26 heavy (non-hydrogen) atoms. The third kappa shape index (κ3) is 2.83. The standard InChI is InChI=1S/C18H23N5O3/c1-11-20-17(26-21-11)15-10-22(6-7-25-15)13-8-23(9-13)18(24)14-4-5-19-16(14)12-2-3-12/h4-5,12-13,15,19H,2-3,6-10H2,1H3. The average molecular weight is 357 g/mol. The van der Waals surface area contributed by atoms with Gasteiger partial charge < -0.3 is 19.1 Å². The molecule has 1 atom stereocenters. The maximum atomic E-state index is 12.8. The second kappa shape index (κ2) is 6.21. The van der Waals surface area contributed by atoms with Crippen molar-refractivity contribution in [2.45, 2.75) is 37.8 Å². The minimum atomic E-state index is -0.180. The number of morpholine rings is 1. The highest BCUT2D eigenvalue weighted by Gasteiger charge is 2.40. The maximum absolute atomic E-state index is 12.8. The van der Waals surface area contributed by atoms with E-state index in [0.717, 1.165) is 37.4 Å². The Morgan fingerprint density at radius 1 is 1.31 bits per heavy atom. The summed E-state index contributed by atoms with van der Waals surface area (Å²) in [4.78, 5) is 24.6. The summed E-state index contributed by atoms with van der Waals surface area (Å²) in [5, 5.41) is 3.85. The summed E-state index contributed by atoms with van der Waals surface area (Å²) in [5.74, 6) is 1.88. The van der Waals surface area contributed by atoms with Crippen molar-refractivity contribution in [3.63, 3.8) is 0 Å². The van der Waals surface area contributed by atoms with Crippen molar-refractivity contribution < 1.29 is 14.1 Å². The zero-order valence-corrected chi connectivity index (χ0v) is 14.9. The van der Waals surface area contributed by atoms with Gasteiger partial charge >= 0.3 is 0 Å². The Labute approximate surface area is 151 Å². The number of ether oxygens (including phenoxy) is 1. The van der Waals surface area contributed by atoms with E-state index >= 15 is 0 Å². The minimum Gasteiger partial charge on any atom is -0.366 e. The molecule has 1 saturated carbocycles. The summed E-state index contributed by atoms with van der Waals surface area (Å²) >= 11 is 0. The van der Waals surface area contributed by atoms with Gasteiger partial charge in [0, 0.05) is 44.1 Å². The molecule has 1 N–H and O–H groups in total. The van der Waals surface area contributed by atoms with Gasteiger partial charge in [0.15, 0.2) is 5.82 Å². The lowest BCUT2D eigenvalue weighted by Crippen LogP contribution is -2.63. The molecule has 8 nitrogen and oxygen atoms in total. The zero-order valence-electron chi connectivity index (χ0n) is 14.9. The highest BCUT2D eigenvalue weighted by molar-refractivity contribution is 5.96. The largest absolute Gasteiger partial charge is 0.366 e. The smallest absolute Gasteiger partial charge is 0.257 e. The van der Waals surface area contributed by atoms with Gasteiger partial charge in [-0.25, -0.2) is 0 Å². The van der Waals surface area contributed by atoms with Crippen LogP contribution in [0.1, 0.15) is 52.6 Å². The lowest BCUT2D eigenvalue weighted by molar-refractivity contribution is -0.0782. The quantitative estimate of drug-likeness (QED) is 0.892. The number of aryl methyl sites for hydroxylation is 1. The number of aromatic amines is 1. The maximum Gasteiger partial charge on any atom is 0.257 e. The van der Waals surface area contributed by atoms with E-state index in [1.165, 1.54) is 12.8 Å². The third-order valence-electron chi connectivity index (χ3n) is 5.58. The number of hydrogen-bond acceptors (Lipinski definition) is 6. The van der Waals surface area contributed by atoms with Crippen LogP contribution in [0.15, 0.2) is 16.8 Å². The topological polar surface area (TPSA) is 87.5 Å². The first-order chi connectivity index (χ1) is 12.7. The predicted octanol–water partition coefficient (Wildman–Crippen LogP) is 1.48. The molecule has 0 bridgehead atoms. The monoisotopic (exact) mass is 357 g/mol. The number of nitrogens with one attached hydrogen (secondary N) is 1. The summed E-state index contributed by atoms with van der Waals surface area (Å²) in [6.45, 7) is 5.58. The van der Waals surface area contributed by atoms with E-state index in [9.17, 15) is 4.79 Å². The molecule has 1 aliphatic carbocycles. The van der Waals surface area contributed by atoms with Crippen molar-refractivity contribution in [3.05, 3.63) is 35.2 Å². The Balaban J connectivity index is 1.20. The van der Waals surface area contributed by atoms with E-state index in [0.29, 0.717) is 30.3 Å². The van der Waals surface area contributed by atoms with Gasteiger partial charge in [-0.15, -0.1) is 0 Å². The lowest BCUT2D eigenvalue weighted by Gasteiger charge is -2.47. The van der Waals surface area contributed by atoms with Gasteiger partial charge in [0.05, 0.1) is 12.2 Å². The Bertz CT molecular complexity index is 805. The highest BCUT2D eigenvalue weighted by atomic mass is 16.5. The Hall–Kier alpha value is -2.19. The van der Waals surface area contributed by atoms with E-state index < -0.39 is 0 Å². The SMILES string of the molecule is Cc1noc(C2CN(C3CN(C(=O)c4cc[nH]c4C4CC4)C3)CCO2)n1. The fraction of sp³-hybridized carbons (Fsp3) is 0.611. The van der Waals surface area contributed by atoms with Gasteiger partial charge in [0.2, 0.25) is 0 Å².